The Kier molecular flexibility index (Phi) is 4.66. The van der Waals surface area contributed by atoms with Gasteiger partial charge in [-0.25, -0.2) is 4.79 Å². The number of hydrogen-bond acceptors (Lipinski definition) is 3. The van der Waals surface area contributed by atoms with Gasteiger partial charge in [-0.15, -0.1) is 0 Å². The van der Waals surface area contributed by atoms with E-state index in [0.29, 0.717) is 11.4 Å². The number of carbonyl (C=O) groups is 1. The Balaban J connectivity index is 2.00. The largest absolute Gasteiger partial charge is 0.495 e. The number of piperidine rings is 1. The highest BCUT2D eigenvalue weighted by molar-refractivity contribution is 5.91. The number of para-hydroxylation sites is 2. The average molecular weight is 305 g/mol. The van der Waals surface area contributed by atoms with E-state index in [2.05, 4.69) is 43.6 Å². The third-order valence-electron chi connectivity index (χ3n) is 3.88. The van der Waals surface area contributed by atoms with Crippen molar-refractivity contribution in [3.05, 3.63) is 24.3 Å². The van der Waals surface area contributed by atoms with Crippen LogP contribution in [0, 0.1) is 0 Å². The molecule has 2 rings (SSSR count). The Bertz CT molecular complexity index is 524. The average Bonchev–Trinajstić information content (AvgIpc) is 2.35. The van der Waals surface area contributed by atoms with Crippen molar-refractivity contribution in [1.29, 1.82) is 0 Å². The summed E-state index contributed by atoms with van der Waals surface area (Å²) in [5, 5.41) is 9.56. The summed E-state index contributed by atoms with van der Waals surface area (Å²) < 4.78 is 5.25. The lowest BCUT2D eigenvalue weighted by Gasteiger charge is -2.46. The van der Waals surface area contributed by atoms with Crippen LogP contribution in [0.5, 0.6) is 5.75 Å². The van der Waals surface area contributed by atoms with Gasteiger partial charge in [-0.2, -0.15) is 0 Å². The molecule has 1 aromatic carbocycles. The van der Waals surface area contributed by atoms with Gasteiger partial charge >= 0.3 is 6.03 Å². The molecule has 0 radical (unpaired) electrons. The monoisotopic (exact) mass is 305 g/mol. The smallest absolute Gasteiger partial charge is 0.319 e. The van der Waals surface area contributed by atoms with E-state index in [0.717, 1.165) is 12.8 Å². The fourth-order valence-corrected chi connectivity index (χ4v) is 3.52. The highest BCUT2D eigenvalue weighted by atomic mass is 16.5. The number of rotatable bonds is 3. The minimum atomic E-state index is -0.192. The van der Waals surface area contributed by atoms with E-state index < -0.39 is 0 Å². The van der Waals surface area contributed by atoms with Crippen LogP contribution in [0.2, 0.25) is 0 Å². The van der Waals surface area contributed by atoms with E-state index in [1.165, 1.54) is 0 Å². The van der Waals surface area contributed by atoms with E-state index in [-0.39, 0.29) is 23.2 Å². The molecule has 1 aromatic rings. The first-order valence-electron chi connectivity index (χ1n) is 7.71. The molecular formula is C17H27N3O2. The standard InChI is InChI=1S/C17H27N3O2/c1-16(2)10-12(11-17(3,4)20-16)18-15(21)19-13-8-6-7-9-14(13)22-5/h6-9,12,20H,10-11H2,1-5H3,(H2,18,19,21). The fourth-order valence-electron chi connectivity index (χ4n) is 3.52. The Morgan fingerprint density at radius 3 is 2.36 bits per heavy atom. The molecule has 1 aliphatic heterocycles. The summed E-state index contributed by atoms with van der Waals surface area (Å²) in [7, 11) is 1.59. The van der Waals surface area contributed by atoms with Crippen molar-refractivity contribution in [2.24, 2.45) is 0 Å². The Morgan fingerprint density at radius 1 is 1.18 bits per heavy atom. The molecule has 0 aliphatic carbocycles. The zero-order valence-electron chi connectivity index (χ0n) is 14.1. The first kappa shape index (κ1) is 16.6. The molecule has 5 nitrogen and oxygen atoms in total. The van der Waals surface area contributed by atoms with Gasteiger partial charge in [0.05, 0.1) is 12.8 Å². The lowest BCUT2D eigenvalue weighted by molar-refractivity contribution is 0.149. The zero-order chi connectivity index (χ0) is 16.4. The Labute approximate surface area is 132 Å². The normalized spacial score (nSPS) is 20.2. The van der Waals surface area contributed by atoms with Crippen LogP contribution in [0.1, 0.15) is 40.5 Å². The molecule has 1 aliphatic rings. The van der Waals surface area contributed by atoms with Crippen molar-refractivity contribution < 1.29 is 9.53 Å². The van der Waals surface area contributed by atoms with Gasteiger partial charge in [-0.3, -0.25) is 0 Å². The fraction of sp³-hybridized carbons (Fsp3) is 0.588. The molecule has 1 heterocycles. The summed E-state index contributed by atoms with van der Waals surface area (Å²) in [5.74, 6) is 0.656. The van der Waals surface area contributed by atoms with Gasteiger partial charge in [0.25, 0.3) is 0 Å². The molecule has 0 unspecified atom stereocenters. The van der Waals surface area contributed by atoms with Crippen molar-refractivity contribution in [3.63, 3.8) is 0 Å². The van der Waals surface area contributed by atoms with Crippen LogP contribution >= 0.6 is 0 Å². The number of urea groups is 1. The Morgan fingerprint density at radius 2 is 1.77 bits per heavy atom. The molecule has 1 fully saturated rings. The van der Waals surface area contributed by atoms with Gasteiger partial charge < -0.3 is 20.7 Å². The van der Waals surface area contributed by atoms with Gasteiger partial charge in [0.2, 0.25) is 0 Å². The summed E-state index contributed by atoms with van der Waals surface area (Å²) in [6.07, 6.45) is 1.80. The van der Waals surface area contributed by atoms with Crippen LogP contribution < -0.4 is 20.7 Å². The van der Waals surface area contributed by atoms with Gasteiger partial charge in [0.1, 0.15) is 5.75 Å². The highest BCUT2D eigenvalue weighted by Crippen LogP contribution is 2.29. The molecule has 22 heavy (non-hydrogen) atoms. The van der Waals surface area contributed by atoms with Crippen molar-refractivity contribution in [2.75, 3.05) is 12.4 Å². The van der Waals surface area contributed by atoms with Crippen LogP contribution in [0.25, 0.3) is 0 Å². The summed E-state index contributed by atoms with van der Waals surface area (Å²) in [5.41, 5.74) is 0.684. The van der Waals surface area contributed by atoms with E-state index >= 15 is 0 Å². The van der Waals surface area contributed by atoms with Crippen LogP contribution in [0.3, 0.4) is 0 Å². The van der Waals surface area contributed by atoms with Gasteiger partial charge in [-0.05, 0) is 52.7 Å². The number of carbonyl (C=O) groups excluding carboxylic acids is 1. The molecule has 1 saturated heterocycles. The molecule has 0 bridgehead atoms. The molecule has 0 aromatic heterocycles. The number of ether oxygens (including phenoxy) is 1. The molecule has 5 heteroatoms. The number of nitrogens with one attached hydrogen (secondary N) is 3. The Hall–Kier alpha value is -1.75. The van der Waals surface area contributed by atoms with Crippen LogP contribution in [0.4, 0.5) is 10.5 Å². The molecule has 0 atom stereocenters. The summed E-state index contributed by atoms with van der Waals surface area (Å²) in [6.45, 7) is 8.67. The number of benzene rings is 1. The first-order valence-corrected chi connectivity index (χ1v) is 7.71. The molecule has 0 saturated carbocycles. The van der Waals surface area contributed by atoms with E-state index in [1.54, 1.807) is 7.11 Å². The number of amides is 2. The third kappa shape index (κ3) is 4.37. The van der Waals surface area contributed by atoms with Gasteiger partial charge in [0.15, 0.2) is 0 Å². The topological polar surface area (TPSA) is 62.4 Å². The second kappa shape index (κ2) is 6.16. The molecule has 0 spiro atoms. The third-order valence-corrected chi connectivity index (χ3v) is 3.88. The minimum Gasteiger partial charge on any atom is -0.495 e. The van der Waals surface area contributed by atoms with E-state index in [9.17, 15) is 4.79 Å². The molecule has 2 amide bonds. The van der Waals surface area contributed by atoms with Gasteiger partial charge in [0, 0.05) is 17.1 Å². The van der Waals surface area contributed by atoms with Crippen molar-refractivity contribution in [3.8, 4) is 5.75 Å². The first-order chi connectivity index (χ1) is 10.2. The van der Waals surface area contributed by atoms with Crippen LogP contribution in [0.15, 0.2) is 24.3 Å². The predicted molar refractivity (Wildman–Crippen MR) is 89.5 cm³/mol. The predicted octanol–water partition coefficient (Wildman–Crippen LogP) is 3.13. The summed E-state index contributed by atoms with van der Waals surface area (Å²) in [4.78, 5) is 12.3. The molecule has 3 N–H and O–H groups in total. The SMILES string of the molecule is COc1ccccc1NC(=O)NC1CC(C)(C)NC(C)(C)C1. The number of hydrogen-bond donors (Lipinski definition) is 3. The van der Waals surface area contributed by atoms with Crippen molar-refractivity contribution >= 4 is 11.7 Å². The lowest BCUT2D eigenvalue weighted by Crippen LogP contribution is -2.62. The quantitative estimate of drug-likeness (QED) is 0.804. The lowest BCUT2D eigenvalue weighted by atomic mass is 9.80. The highest BCUT2D eigenvalue weighted by Gasteiger charge is 2.38. The second-order valence-corrected chi connectivity index (χ2v) is 7.30. The summed E-state index contributed by atoms with van der Waals surface area (Å²) >= 11 is 0. The van der Waals surface area contributed by atoms with E-state index in [1.807, 2.05) is 24.3 Å². The molecular weight excluding hydrogens is 278 g/mol. The van der Waals surface area contributed by atoms with E-state index in [4.69, 9.17) is 4.74 Å². The number of methoxy groups -OCH3 is 1. The zero-order valence-corrected chi connectivity index (χ0v) is 14.1. The van der Waals surface area contributed by atoms with Crippen LogP contribution in [-0.2, 0) is 0 Å². The number of anilines is 1. The minimum absolute atomic E-state index is 0.00410. The van der Waals surface area contributed by atoms with Crippen molar-refractivity contribution in [2.45, 2.75) is 57.7 Å². The maximum Gasteiger partial charge on any atom is 0.319 e. The van der Waals surface area contributed by atoms with Crippen LogP contribution in [-0.4, -0.2) is 30.3 Å². The summed E-state index contributed by atoms with van der Waals surface area (Å²) in [6, 6.07) is 7.35. The van der Waals surface area contributed by atoms with Gasteiger partial charge in [-0.1, -0.05) is 12.1 Å². The molecule has 122 valence electrons. The van der Waals surface area contributed by atoms with Crippen molar-refractivity contribution in [1.82, 2.24) is 10.6 Å². The maximum absolute atomic E-state index is 12.3. The second-order valence-electron chi connectivity index (χ2n) is 7.30. The maximum atomic E-state index is 12.3.